The van der Waals surface area contributed by atoms with E-state index in [0.29, 0.717) is 11.5 Å². The first-order chi connectivity index (χ1) is 9.63. The summed E-state index contributed by atoms with van der Waals surface area (Å²) in [6, 6.07) is 5.62. The van der Waals surface area contributed by atoms with Crippen molar-refractivity contribution in [2.75, 3.05) is 33.9 Å². The lowest BCUT2D eigenvalue weighted by atomic mass is 10.1. The van der Waals surface area contributed by atoms with Crippen LogP contribution in [0.4, 0.5) is 0 Å². The highest BCUT2D eigenvalue weighted by atomic mass is 79.9. The van der Waals surface area contributed by atoms with Gasteiger partial charge in [0, 0.05) is 24.7 Å². The van der Waals surface area contributed by atoms with Crippen LogP contribution in [0.3, 0.4) is 0 Å². The molecule has 0 saturated carbocycles. The first-order valence-corrected chi connectivity index (χ1v) is 7.51. The lowest BCUT2D eigenvalue weighted by molar-refractivity contribution is 0.0600. The molecule has 0 radical (unpaired) electrons. The van der Waals surface area contributed by atoms with Gasteiger partial charge in [-0.25, -0.2) is 4.79 Å². The van der Waals surface area contributed by atoms with Gasteiger partial charge < -0.3 is 9.47 Å². The summed E-state index contributed by atoms with van der Waals surface area (Å²) in [5.74, 6) is 0.326. The molecule has 1 atom stereocenters. The molecule has 20 heavy (non-hydrogen) atoms. The van der Waals surface area contributed by atoms with Crippen LogP contribution in [0.1, 0.15) is 22.3 Å². The number of hydrogen-bond donors (Lipinski definition) is 0. The highest BCUT2D eigenvalue weighted by Gasteiger charge is 2.22. The Bertz CT molecular complexity index is 478. The van der Waals surface area contributed by atoms with Gasteiger partial charge in [0.05, 0.1) is 19.3 Å². The number of halogens is 1. The SMILES string of the molecule is COCC1CCN(Cc2ccc(C(=O)OC)cc2Br)C1. The summed E-state index contributed by atoms with van der Waals surface area (Å²) >= 11 is 3.54. The van der Waals surface area contributed by atoms with E-state index in [2.05, 4.69) is 20.8 Å². The van der Waals surface area contributed by atoms with Gasteiger partial charge in [-0.2, -0.15) is 0 Å². The van der Waals surface area contributed by atoms with Gasteiger partial charge >= 0.3 is 5.97 Å². The smallest absolute Gasteiger partial charge is 0.337 e. The van der Waals surface area contributed by atoms with Crippen LogP contribution in [0.2, 0.25) is 0 Å². The minimum absolute atomic E-state index is 0.307. The minimum Gasteiger partial charge on any atom is -0.465 e. The molecular weight excluding hydrogens is 322 g/mol. The van der Waals surface area contributed by atoms with Crippen molar-refractivity contribution in [2.45, 2.75) is 13.0 Å². The van der Waals surface area contributed by atoms with Gasteiger partial charge in [0.15, 0.2) is 0 Å². The Morgan fingerprint density at radius 3 is 2.90 bits per heavy atom. The third-order valence-corrected chi connectivity index (χ3v) is 4.38. The van der Waals surface area contributed by atoms with Gasteiger partial charge in [0.25, 0.3) is 0 Å². The average Bonchev–Trinajstić information content (AvgIpc) is 2.88. The van der Waals surface area contributed by atoms with Gasteiger partial charge in [0.1, 0.15) is 0 Å². The second-order valence-electron chi connectivity index (χ2n) is 5.14. The molecule has 110 valence electrons. The number of rotatable bonds is 5. The largest absolute Gasteiger partial charge is 0.465 e. The Morgan fingerprint density at radius 1 is 1.45 bits per heavy atom. The van der Waals surface area contributed by atoms with E-state index in [4.69, 9.17) is 9.47 Å². The van der Waals surface area contributed by atoms with Gasteiger partial charge in [0.2, 0.25) is 0 Å². The van der Waals surface area contributed by atoms with Crippen LogP contribution in [-0.4, -0.2) is 44.8 Å². The summed E-state index contributed by atoms with van der Waals surface area (Å²) in [4.78, 5) is 13.9. The molecular formula is C15H20BrNO3. The highest BCUT2D eigenvalue weighted by Crippen LogP contribution is 2.24. The van der Waals surface area contributed by atoms with Crippen LogP contribution in [0, 0.1) is 5.92 Å². The van der Waals surface area contributed by atoms with Gasteiger partial charge in [-0.1, -0.05) is 22.0 Å². The summed E-state index contributed by atoms with van der Waals surface area (Å²) in [6.07, 6.45) is 1.19. The van der Waals surface area contributed by atoms with E-state index in [1.54, 1.807) is 7.11 Å². The van der Waals surface area contributed by atoms with Crippen molar-refractivity contribution in [1.82, 2.24) is 4.90 Å². The topological polar surface area (TPSA) is 38.8 Å². The van der Waals surface area contributed by atoms with Gasteiger partial charge in [-0.05, 0) is 36.6 Å². The predicted molar refractivity (Wildman–Crippen MR) is 80.7 cm³/mol. The lowest BCUT2D eigenvalue weighted by Crippen LogP contribution is -2.21. The molecule has 2 rings (SSSR count). The maximum absolute atomic E-state index is 11.5. The molecule has 1 aromatic carbocycles. The number of methoxy groups -OCH3 is 2. The van der Waals surface area contributed by atoms with E-state index in [1.807, 2.05) is 18.2 Å². The number of carbonyl (C=O) groups excluding carboxylic acids is 1. The molecule has 4 nitrogen and oxygen atoms in total. The van der Waals surface area contributed by atoms with E-state index in [0.717, 1.165) is 30.7 Å². The molecule has 0 amide bonds. The van der Waals surface area contributed by atoms with Gasteiger partial charge in [-0.15, -0.1) is 0 Å². The molecule has 1 unspecified atom stereocenters. The van der Waals surface area contributed by atoms with Crippen molar-refractivity contribution < 1.29 is 14.3 Å². The van der Waals surface area contributed by atoms with E-state index in [9.17, 15) is 4.79 Å². The fraction of sp³-hybridized carbons (Fsp3) is 0.533. The van der Waals surface area contributed by atoms with Crippen LogP contribution < -0.4 is 0 Å². The molecule has 0 bridgehead atoms. The number of ether oxygens (including phenoxy) is 2. The third-order valence-electron chi connectivity index (χ3n) is 3.64. The van der Waals surface area contributed by atoms with Crippen molar-refractivity contribution in [2.24, 2.45) is 5.92 Å². The molecule has 0 aromatic heterocycles. The number of benzene rings is 1. The monoisotopic (exact) mass is 341 g/mol. The Kier molecular flexibility index (Phi) is 5.57. The zero-order chi connectivity index (χ0) is 14.5. The summed E-state index contributed by atoms with van der Waals surface area (Å²) < 4.78 is 10.9. The van der Waals surface area contributed by atoms with Crippen molar-refractivity contribution >= 4 is 21.9 Å². The third kappa shape index (κ3) is 3.81. The average molecular weight is 342 g/mol. The lowest BCUT2D eigenvalue weighted by Gasteiger charge is -2.17. The normalized spacial score (nSPS) is 19.2. The van der Waals surface area contributed by atoms with Crippen LogP contribution in [0.25, 0.3) is 0 Å². The highest BCUT2D eigenvalue weighted by molar-refractivity contribution is 9.10. The molecule has 1 aliphatic heterocycles. The summed E-state index contributed by atoms with van der Waals surface area (Å²) in [5.41, 5.74) is 1.76. The first kappa shape index (κ1) is 15.5. The number of hydrogen-bond acceptors (Lipinski definition) is 4. The van der Waals surface area contributed by atoms with Crippen molar-refractivity contribution in [3.8, 4) is 0 Å². The quantitative estimate of drug-likeness (QED) is 0.772. The van der Waals surface area contributed by atoms with Crippen LogP contribution >= 0.6 is 15.9 Å². The maximum atomic E-state index is 11.5. The second kappa shape index (κ2) is 7.20. The number of esters is 1. The molecule has 1 aliphatic rings. The molecule has 5 heteroatoms. The minimum atomic E-state index is -0.307. The Morgan fingerprint density at radius 2 is 2.25 bits per heavy atom. The Balaban J connectivity index is 1.98. The van der Waals surface area contributed by atoms with E-state index in [1.165, 1.54) is 19.1 Å². The zero-order valence-electron chi connectivity index (χ0n) is 11.9. The molecule has 0 N–H and O–H groups in total. The number of carbonyl (C=O) groups is 1. The molecule has 0 aliphatic carbocycles. The zero-order valence-corrected chi connectivity index (χ0v) is 13.5. The number of likely N-dealkylation sites (tertiary alicyclic amines) is 1. The molecule has 0 spiro atoms. The summed E-state index contributed by atoms with van der Waals surface area (Å²) in [6.45, 7) is 3.89. The predicted octanol–water partition coefficient (Wildman–Crippen LogP) is 2.70. The van der Waals surface area contributed by atoms with Crippen LogP contribution in [0.15, 0.2) is 22.7 Å². The Labute approximate surface area is 128 Å². The molecule has 1 saturated heterocycles. The van der Waals surface area contributed by atoms with Gasteiger partial charge in [-0.3, -0.25) is 4.90 Å². The molecule has 1 aromatic rings. The fourth-order valence-electron chi connectivity index (χ4n) is 2.59. The van der Waals surface area contributed by atoms with E-state index < -0.39 is 0 Å². The molecule has 1 fully saturated rings. The second-order valence-corrected chi connectivity index (χ2v) is 6.00. The maximum Gasteiger partial charge on any atom is 0.337 e. The van der Waals surface area contributed by atoms with E-state index >= 15 is 0 Å². The van der Waals surface area contributed by atoms with Crippen molar-refractivity contribution in [3.63, 3.8) is 0 Å². The van der Waals surface area contributed by atoms with E-state index in [-0.39, 0.29) is 5.97 Å². The first-order valence-electron chi connectivity index (χ1n) is 6.72. The fourth-order valence-corrected chi connectivity index (χ4v) is 3.09. The Hall–Kier alpha value is -0.910. The van der Waals surface area contributed by atoms with Crippen LogP contribution in [-0.2, 0) is 16.0 Å². The summed E-state index contributed by atoms with van der Waals surface area (Å²) in [5, 5.41) is 0. The van der Waals surface area contributed by atoms with Crippen molar-refractivity contribution in [1.29, 1.82) is 0 Å². The summed E-state index contributed by atoms with van der Waals surface area (Å²) in [7, 11) is 3.15. The van der Waals surface area contributed by atoms with Crippen molar-refractivity contribution in [3.05, 3.63) is 33.8 Å². The van der Waals surface area contributed by atoms with Crippen LogP contribution in [0.5, 0.6) is 0 Å². The standard InChI is InChI=1S/C15H20BrNO3/c1-19-10-11-5-6-17(8-11)9-13-4-3-12(7-14(13)16)15(18)20-2/h3-4,7,11H,5-6,8-10H2,1-2H3. The number of nitrogens with zero attached hydrogens (tertiary/aromatic N) is 1. The molecule has 1 heterocycles.